The molecule has 0 aromatic heterocycles. The molecule has 0 atom stereocenters. The molecule has 0 spiro atoms. The number of nitrogens with one attached hydrogen (secondary N) is 1. The second-order valence-electron chi connectivity index (χ2n) is 6.03. The highest BCUT2D eigenvalue weighted by atomic mass is 16.2. The van der Waals surface area contributed by atoms with Crippen molar-refractivity contribution in [1.29, 1.82) is 0 Å². The highest BCUT2D eigenvalue weighted by Crippen LogP contribution is 2.31. The maximum atomic E-state index is 12.3. The van der Waals surface area contributed by atoms with Gasteiger partial charge in [0.1, 0.15) is 0 Å². The van der Waals surface area contributed by atoms with Gasteiger partial charge in [0, 0.05) is 25.3 Å². The van der Waals surface area contributed by atoms with Gasteiger partial charge in [0.05, 0.1) is 0 Å². The SMILES string of the molecule is Nc1ccccc1C1CCN(C(=O)NCc2ccccc2)CC1. The number of amides is 2. The van der Waals surface area contributed by atoms with Crippen molar-refractivity contribution >= 4 is 11.7 Å². The summed E-state index contributed by atoms with van der Waals surface area (Å²) < 4.78 is 0. The van der Waals surface area contributed by atoms with Crippen LogP contribution >= 0.6 is 0 Å². The van der Waals surface area contributed by atoms with E-state index in [0.717, 1.165) is 37.2 Å². The van der Waals surface area contributed by atoms with Crippen molar-refractivity contribution in [3.05, 3.63) is 65.7 Å². The number of hydrogen-bond donors (Lipinski definition) is 2. The van der Waals surface area contributed by atoms with Gasteiger partial charge < -0.3 is 16.0 Å². The first-order chi connectivity index (χ1) is 11.2. The summed E-state index contributed by atoms with van der Waals surface area (Å²) >= 11 is 0. The van der Waals surface area contributed by atoms with Crippen LogP contribution in [0.15, 0.2) is 54.6 Å². The van der Waals surface area contributed by atoms with E-state index in [1.807, 2.05) is 53.4 Å². The Morgan fingerprint density at radius 2 is 1.70 bits per heavy atom. The number of piperidine rings is 1. The fourth-order valence-corrected chi connectivity index (χ4v) is 3.16. The highest BCUT2D eigenvalue weighted by molar-refractivity contribution is 5.74. The number of nitrogens with zero attached hydrogens (tertiary/aromatic N) is 1. The minimum atomic E-state index is 0.0216. The summed E-state index contributed by atoms with van der Waals surface area (Å²) in [6.07, 6.45) is 1.93. The first-order valence-electron chi connectivity index (χ1n) is 8.15. The third-order valence-electron chi connectivity index (χ3n) is 4.50. The number of rotatable bonds is 3. The maximum Gasteiger partial charge on any atom is 0.317 e. The Morgan fingerprint density at radius 3 is 2.39 bits per heavy atom. The molecule has 1 fully saturated rings. The van der Waals surface area contributed by atoms with Gasteiger partial charge >= 0.3 is 6.03 Å². The molecule has 120 valence electrons. The lowest BCUT2D eigenvalue weighted by molar-refractivity contribution is 0.181. The van der Waals surface area contributed by atoms with Crippen molar-refractivity contribution in [2.75, 3.05) is 18.8 Å². The summed E-state index contributed by atoms with van der Waals surface area (Å²) in [4.78, 5) is 14.2. The van der Waals surface area contributed by atoms with E-state index in [-0.39, 0.29) is 6.03 Å². The lowest BCUT2D eigenvalue weighted by atomic mass is 9.88. The Kier molecular flexibility index (Phi) is 4.81. The van der Waals surface area contributed by atoms with Crippen LogP contribution in [0.2, 0.25) is 0 Å². The van der Waals surface area contributed by atoms with E-state index in [9.17, 15) is 4.79 Å². The largest absolute Gasteiger partial charge is 0.398 e. The van der Waals surface area contributed by atoms with E-state index < -0.39 is 0 Å². The van der Waals surface area contributed by atoms with E-state index in [0.29, 0.717) is 12.5 Å². The fraction of sp³-hybridized carbons (Fsp3) is 0.316. The van der Waals surface area contributed by atoms with Gasteiger partial charge in [-0.2, -0.15) is 0 Å². The van der Waals surface area contributed by atoms with Crippen molar-refractivity contribution in [2.45, 2.75) is 25.3 Å². The smallest absolute Gasteiger partial charge is 0.317 e. The zero-order chi connectivity index (χ0) is 16.1. The van der Waals surface area contributed by atoms with Crippen molar-refractivity contribution in [2.24, 2.45) is 0 Å². The van der Waals surface area contributed by atoms with E-state index in [4.69, 9.17) is 5.73 Å². The molecule has 0 saturated carbocycles. The summed E-state index contributed by atoms with van der Waals surface area (Å²) in [6, 6.07) is 18.1. The first-order valence-corrected chi connectivity index (χ1v) is 8.15. The molecule has 2 aromatic rings. The molecule has 0 bridgehead atoms. The number of anilines is 1. The zero-order valence-electron chi connectivity index (χ0n) is 13.2. The number of urea groups is 1. The number of nitrogen functional groups attached to an aromatic ring is 1. The predicted molar refractivity (Wildman–Crippen MR) is 93.1 cm³/mol. The molecule has 2 amide bonds. The van der Waals surface area contributed by atoms with Crippen LogP contribution in [0.25, 0.3) is 0 Å². The second-order valence-corrected chi connectivity index (χ2v) is 6.03. The molecule has 3 rings (SSSR count). The van der Waals surface area contributed by atoms with Crippen LogP contribution in [0.5, 0.6) is 0 Å². The van der Waals surface area contributed by atoms with Crippen LogP contribution in [0.1, 0.15) is 29.9 Å². The van der Waals surface area contributed by atoms with Crippen LogP contribution in [-0.4, -0.2) is 24.0 Å². The number of carbonyl (C=O) groups is 1. The molecule has 4 nitrogen and oxygen atoms in total. The second kappa shape index (κ2) is 7.18. The third kappa shape index (κ3) is 3.83. The molecule has 1 aliphatic heterocycles. The minimum absolute atomic E-state index is 0.0216. The summed E-state index contributed by atoms with van der Waals surface area (Å²) in [7, 11) is 0. The van der Waals surface area contributed by atoms with Crippen molar-refractivity contribution < 1.29 is 4.79 Å². The highest BCUT2D eigenvalue weighted by Gasteiger charge is 2.24. The average molecular weight is 309 g/mol. The lowest BCUT2D eigenvalue weighted by Gasteiger charge is -2.32. The van der Waals surface area contributed by atoms with Crippen LogP contribution in [0.4, 0.5) is 10.5 Å². The molecule has 1 heterocycles. The topological polar surface area (TPSA) is 58.4 Å². The summed E-state index contributed by atoms with van der Waals surface area (Å²) in [5, 5.41) is 3.00. The zero-order valence-corrected chi connectivity index (χ0v) is 13.2. The molecule has 2 aromatic carbocycles. The van der Waals surface area contributed by atoms with Gasteiger partial charge in [0.2, 0.25) is 0 Å². The quantitative estimate of drug-likeness (QED) is 0.854. The fourth-order valence-electron chi connectivity index (χ4n) is 3.16. The Hall–Kier alpha value is -2.49. The number of hydrogen-bond acceptors (Lipinski definition) is 2. The minimum Gasteiger partial charge on any atom is -0.398 e. The Balaban J connectivity index is 1.50. The number of nitrogens with two attached hydrogens (primary N) is 1. The molecular formula is C19H23N3O. The Bertz CT molecular complexity index is 649. The van der Waals surface area contributed by atoms with Crippen molar-refractivity contribution in [3.63, 3.8) is 0 Å². The normalized spacial score (nSPS) is 15.4. The third-order valence-corrected chi connectivity index (χ3v) is 4.50. The summed E-state index contributed by atoms with van der Waals surface area (Å²) in [5.41, 5.74) is 9.26. The van der Waals surface area contributed by atoms with Gasteiger partial charge in [-0.1, -0.05) is 48.5 Å². The Labute approximate surface area is 137 Å². The van der Waals surface area contributed by atoms with Crippen molar-refractivity contribution in [1.82, 2.24) is 10.2 Å². The first kappa shape index (κ1) is 15.4. The monoisotopic (exact) mass is 309 g/mol. The maximum absolute atomic E-state index is 12.3. The molecule has 23 heavy (non-hydrogen) atoms. The number of likely N-dealkylation sites (tertiary alicyclic amines) is 1. The molecule has 0 aliphatic carbocycles. The van der Waals surface area contributed by atoms with E-state index in [2.05, 4.69) is 11.4 Å². The number of carbonyl (C=O) groups excluding carboxylic acids is 1. The van der Waals surface area contributed by atoms with E-state index >= 15 is 0 Å². The van der Waals surface area contributed by atoms with E-state index in [1.165, 1.54) is 5.56 Å². The molecule has 0 radical (unpaired) electrons. The van der Waals surface area contributed by atoms with Gasteiger partial charge in [0.25, 0.3) is 0 Å². The lowest BCUT2D eigenvalue weighted by Crippen LogP contribution is -2.43. The van der Waals surface area contributed by atoms with Gasteiger partial charge in [-0.3, -0.25) is 0 Å². The van der Waals surface area contributed by atoms with Crippen LogP contribution in [0.3, 0.4) is 0 Å². The molecule has 4 heteroatoms. The molecule has 0 unspecified atom stereocenters. The van der Waals surface area contributed by atoms with E-state index in [1.54, 1.807) is 0 Å². The standard InChI is InChI=1S/C19H23N3O/c20-18-9-5-4-8-17(18)16-10-12-22(13-11-16)19(23)21-14-15-6-2-1-3-7-15/h1-9,16H,10-14,20H2,(H,21,23). The summed E-state index contributed by atoms with van der Waals surface area (Å²) in [5.74, 6) is 0.453. The predicted octanol–water partition coefficient (Wildman–Crippen LogP) is 3.36. The molecule has 1 aliphatic rings. The van der Waals surface area contributed by atoms with Crippen LogP contribution in [0, 0.1) is 0 Å². The van der Waals surface area contributed by atoms with Crippen LogP contribution < -0.4 is 11.1 Å². The molecular weight excluding hydrogens is 286 g/mol. The Morgan fingerprint density at radius 1 is 1.04 bits per heavy atom. The van der Waals surface area contributed by atoms with Gasteiger partial charge in [-0.25, -0.2) is 4.79 Å². The van der Waals surface area contributed by atoms with Gasteiger partial charge in [-0.15, -0.1) is 0 Å². The average Bonchev–Trinajstić information content (AvgIpc) is 2.61. The van der Waals surface area contributed by atoms with Crippen LogP contribution in [-0.2, 0) is 6.54 Å². The van der Waals surface area contributed by atoms with Crippen molar-refractivity contribution in [3.8, 4) is 0 Å². The number of para-hydroxylation sites is 1. The summed E-state index contributed by atoms with van der Waals surface area (Å²) in [6.45, 7) is 2.13. The van der Waals surface area contributed by atoms with Gasteiger partial charge in [-0.05, 0) is 36.0 Å². The van der Waals surface area contributed by atoms with Gasteiger partial charge in [0.15, 0.2) is 0 Å². The number of benzene rings is 2. The molecule has 1 saturated heterocycles. The molecule has 3 N–H and O–H groups in total.